The number of anilines is 1. The molecule has 0 amide bonds. The van der Waals surface area contributed by atoms with Gasteiger partial charge in [-0.1, -0.05) is 57.5 Å². The monoisotopic (exact) mass is 309 g/mol. The maximum atomic E-state index is 5.72. The van der Waals surface area contributed by atoms with E-state index in [1.54, 1.807) is 0 Å². The van der Waals surface area contributed by atoms with Crippen LogP contribution in [0.4, 0.5) is 5.69 Å². The number of benzene rings is 2. The summed E-state index contributed by atoms with van der Waals surface area (Å²) < 4.78 is 1.92. The van der Waals surface area contributed by atoms with Crippen molar-refractivity contribution in [2.75, 3.05) is 5.73 Å². The van der Waals surface area contributed by atoms with Gasteiger partial charge in [-0.15, -0.1) is 0 Å². The number of nitrogens with zero attached hydrogens (tertiary/aromatic N) is 2. The van der Waals surface area contributed by atoms with Crippen LogP contribution in [0.5, 0.6) is 0 Å². The van der Waals surface area contributed by atoms with Gasteiger partial charge in [-0.05, 0) is 37.3 Å². The average molecular weight is 309 g/mol. The first-order valence-electron chi connectivity index (χ1n) is 8.21. The van der Waals surface area contributed by atoms with Gasteiger partial charge in [-0.25, -0.2) is 4.68 Å². The van der Waals surface area contributed by atoms with E-state index in [4.69, 9.17) is 5.73 Å². The fraction of sp³-hybridized carbons (Fsp3) is 0.250. The molecule has 3 nitrogen and oxygen atoms in total. The van der Waals surface area contributed by atoms with Gasteiger partial charge < -0.3 is 5.73 Å². The molecular formula is C20H27N3. The highest BCUT2D eigenvalue weighted by Crippen LogP contribution is 2.23. The fourth-order valence-electron chi connectivity index (χ4n) is 2.07. The number of rotatable bonds is 2. The molecule has 0 bridgehead atoms. The second-order valence-corrected chi connectivity index (χ2v) is 4.59. The molecule has 0 aliphatic carbocycles. The summed E-state index contributed by atoms with van der Waals surface area (Å²) in [5, 5.41) is 4.39. The molecule has 0 saturated heterocycles. The smallest absolute Gasteiger partial charge is 0.0740 e. The van der Waals surface area contributed by atoms with Crippen molar-refractivity contribution in [3.63, 3.8) is 0 Å². The molecule has 0 radical (unpaired) electrons. The Hall–Kier alpha value is -2.55. The number of aryl methyl sites for hydroxylation is 1. The normalized spacial score (nSPS) is 9.26. The van der Waals surface area contributed by atoms with Crippen molar-refractivity contribution >= 4 is 5.69 Å². The van der Waals surface area contributed by atoms with Crippen LogP contribution in [0.15, 0.2) is 60.8 Å². The predicted molar refractivity (Wildman–Crippen MR) is 101 cm³/mol. The fourth-order valence-corrected chi connectivity index (χ4v) is 2.07. The van der Waals surface area contributed by atoms with E-state index in [1.165, 1.54) is 5.56 Å². The van der Waals surface area contributed by atoms with Crippen LogP contribution in [-0.2, 0) is 0 Å². The molecule has 2 aromatic carbocycles. The van der Waals surface area contributed by atoms with Gasteiger partial charge in [-0.2, -0.15) is 5.10 Å². The Labute approximate surface area is 139 Å². The number of nitrogens with two attached hydrogens (primary N) is 1. The number of nitrogen functional groups attached to an aromatic ring is 1. The zero-order valence-electron chi connectivity index (χ0n) is 14.7. The van der Waals surface area contributed by atoms with E-state index in [-0.39, 0.29) is 0 Å². The van der Waals surface area contributed by atoms with Crippen molar-refractivity contribution in [2.45, 2.75) is 34.6 Å². The second kappa shape index (κ2) is 9.46. The van der Waals surface area contributed by atoms with Crippen molar-refractivity contribution in [2.24, 2.45) is 0 Å². The Morgan fingerprint density at radius 2 is 1.35 bits per heavy atom. The third-order valence-corrected chi connectivity index (χ3v) is 3.13. The largest absolute Gasteiger partial charge is 0.399 e. The Morgan fingerprint density at radius 1 is 0.783 bits per heavy atom. The minimum atomic E-state index is 0.757. The number of aromatic nitrogens is 2. The molecule has 3 rings (SSSR count). The van der Waals surface area contributed by atoms with E-state index in [0.29, 0.717) is 0 Å². The molecule has 0 spiro atoms. The van der Waals surface area contributed by atoms with Crippen LogP contribution >= 0.6 is 0 Å². The minimum Gasteiger partial charge on any atom is -0.399 e. The third-order valence-electron chi connectivity index (χ3n) is 3.13. The Bertz CT molecular complexity index is 620. The van der Waals surface area contributed by atoms with Gasteiger partial charge >= 0.3 is 0 Å². The molecule has 1 aromatic heterocycles. The SMILES string of the molecule is CC.CC.Cc1ccc(-c2ccnn2-c2ccc(N)cc2)cc1. The molecule has 3 heteroatoms. The summed E-state index contributed by atoms with van der Waals surface area (Å²) in [6, 6.07) is 18.2. The van der Waals surface area contributed by atoms with Gasteiger partial charge in [0.1, 0.15) is 0 Å². The maximum Gasteiger partial charge on any atom is 0.0740 e. The van der Waals surface area contributed by atoms with Crippen LogP contribution in [0, 0.1) is 6.92 Å². The molecule has 3 aromatic rings. The van der Waals surface area contributed by atoms with Crippen molar-refractivity contribution in [3.05, 3.63) is 66.4 Å². The van der Waals surface area contributed by atoms with E-state index < -0.39 is 0 Å². The van der Waals surface area contributed by atoms with Gasteiger partial charge in [0.25, 0.3) is 0 Å². The first-order chi connectivity index (χ1) is 11.2. The lowest BCUT2D eigenvalue weighted by atomic mass is 10.1. The van der Waals surface area contributed by atoms with Crippen molar-refractivity contribution in [1.82, 2.24) is 9.78 Å². The second-order valence-electron chi connectivity index (χ2n) is 4.59. The zero-order valence-corrected chi connectivity index (χ0v) is 14.7. The van der Waals surface area contributed by atoms with E-state index in [1.807, 2.05) is 68.9 Å². The van der Waals surface area contributed by atoms with E-state index in [9.17, 15) is 0 Å². The topological polar surface area (TPSA) is 43.8 Å². The Kier molecular flexibility index (Phi) is 7.61. The molecule has 0 aliphatic heterocycles. The van der Waals surface area contributed by atoms with Crippen LogP contribution in [0.2, 0.25) is 0 Å². The summed E-state index contributed by atoms with van der Waals surface area (Å²) in [4.78, 5) is 0. The minimum absolute atomic E-state index is 0.757. The maximum absolute atomic E-state index is 5.72. The summed E-state index contributed by atoms with van der Waals surface area (Å²) in [5.41, 5.74) is 11.0. The molecule has 1 heterocycles. The van der Waals surface area contributed by atoms with Crippen LogP contribution in [0.3, 0.4) is 0 Å². The lowest BCUT2D eigenvalue weighted by Gasteiger charge is -2.08. The summed E-state index contributed by atoms with van der Waals surface area (Å²) in [6.07, 6.45) is 1.81. The molecule has 0 aliphatic rings. The van der Waals surface area contributed by atoms with Crippen molar-refractivity contribution in [1.29, 1.82) is 0 Å². The first-order valence-corrected chi connectivity index (χ1v) is 8.21. The molecule has 23 heavy (non-hydrogen) atoms. The molecule has 0 saturated carbocycles. The summed E-state index contributed by atoms with van der Waals surface area (Å²) >= 11 is 0. The summed E-state index contributed by atoms with van der Waals surface area (Å²) in [6.45, 7) is 10.1. The lowest BCUT2D eigenvalue weighted by molar-refractivity contribution is 0.888. The Balaban J connectivity index is 0.000000615. The first kappa shape index (κ1) is 18.5. The summed E-state index contributed by atoms with van der Waals surface area (Å²) in [7, 11) is 0. The molecule has 2 N–H and O–H groups in total. The van der Waals surface area contributed by atoms with E-state index in [2.05, 4.69) is 36.3 Å². The van der Waals surface area contributed by atoms with Crippen LogP contribution in [0.1, 0.15) is 33.3 Å². The van der Waals surface area contributed by atoms with Gasteiger partial charge in [0.15, 0.2) is 0 Å². The van der Waals surface area contributed by atoms with Gasteiger partial charge in [0.05, 0.1) is 17.6 Å². The summed E-state index contributed by atoms with van der Waals surface area (Å²) in [5.74, 6) is 0. The van der Waals surface area contributed by atoms with Gasteiger partial charge in [-0.3, -0.25) is 0 Å². The van der Waals surface area contributed by atoms with Crippen molar-refractivity contribution < 1.29 is 0 Å². The van der Waals surface area contributed by atoms with Crippen LogP contribution in [-0.4, -0.2) is 9.78 Å². The van der Waals surface area contributed by atoms with Crippen LogP contribution in [0.25, 0.3) is 16.9 Å². The van der Waals surface area contributed by atoms with E-state index in [0.717, 1.165) is 22.6 Å². The highest BCUT2D eigenvalue weighted by Gasteiger charge is 2.06. The van der Waals surface area contributed by atoms with Gasteiger partial charge in [0.2, 0.25) is 0 Å². The van der Waals surface area contributed by atoms with Gasteiger partial charge in [0, 0.05) is 11.3 Å². The number of hydrogen-bond acceptors (Lipinski definition) is 2. The van der Waals surface area contributed by atoms with Crippen LogP contribution < -0.4 is 5.73 Å². The highest BCUT2D eigenvalue weighted by molar-refractivity contribution is 5.62. The van der Waals surface area contributed by atoms with Crippen molar-refractivity contribution in [3.8, 4) is 16.9 Å². The molecule has 0 unspecified atom stereocenters. The number of hydrogen-bond donors (Lipinski definition) is 1. The quantitative estimate of drug-likeness (QED) is 0.637. The average Bonchev–Trinajstić information content (AvgIpc) is 3.09. The third kappa shape index (κ3) is 4.71. The molecule has 0 fully saturated rings. The molecule has 0 atom stereocenters. The highest BCUT2D eigenvalue weighted by atomic mass is 15.3. The molecule has 122 valence electrons. The standard InChI is InChI=1S/C16H15N3.2C2H6/c1-12-2-4-13(5-3-12)16-10-11-18-19(16)15-8-6-14(17)7-9-15;2*1-2/h2-11H,17H2,1H3;2*1-2H3. The lowest BCUT2D eigenvalue weighted by Crippen LogP contribution is -1.99. The zero-order chi connectivity index (χ0) is 17.2. The van der Waals surface area contributed by atoms with E-state index >= 15 is 0 Å². The predicted octanol–water partition coefficient (Wildman–Crippen LogP) is 5.48. The molecular weight excluding hydrogens is 282 g/mol. The Morgan fingerprint density at radius 3 is 1.91 bits per heavy atom.